The van der Waals surface area contributed by atoms with Gasteiger partial charge in [-0.1, -0.05) is 30.0 Å². The molecule has 140 valence electrons. The Morgan fingerprint density at radius 3 is 2.61 bits per heavy atom. The van der Waals surface area contributed by atoms with Crippen LogP contribution in [0.15, 0.2) is 70.7 Å². The fraction of sp³-hybridized carbons (Fsp3) is 0.136. The lowest BCUT2D eigenvalue weighted by Gasteiger charge is -2.22. The molecule has 5 nitrogen and oxygen atoms in total. The van der Waals surface area contributed by atoms with E-state index in [1.54, 1.807) is 18.3 Å². The van der Waals surface area contributed by atoms with E-state index < -0.39 is 0 Å². The van der Waals surface area contributed by atoms with Gasteiger partial charge in [0.25, 0.3) is 5.91 Å². The van der Waals surface area contributed by atoms with Crippen LogP contribution in [0, 0.1) is 13.8 Å². The predicted octanol–water partition coefficient (Wildman–Crippen LogP) is 4.45. The van der Waals surface area contributed by atoms with Gasteiger partial charge in [0.05, 0.1) is 11.3 Å². The molecule has 3 aromatic rings. The highest BCUT2D eigenvalue weighted by molar-refractivity contribution is 7.99. The van der Waals surface area contributed by atoms with Crippen LogP contribution in [-0.4, -0.2) is 23.3 Å². The number of anilines is 2. The lowest BCUT2D eigenvalue weighted by atomic mass is 10.1. The molecule has 0 aliphatic carbocycles. The number of hydrogen-bond acceptors (Lipinski definition) is 4. The number of aryl methyl sites for hydroxylation is 2. The van der Waals surface area contributed by atoms with Gasteiger partial charge in [-0.05, 0) is 61.4 Å². The van der Waals surface area contributed by atoms with E-state index in [0.29, 0.717) is 16.3 Å². The zero-order valence-electron chi connectivity index (χ0n) is 15.6. The highest BCUT2D eigenvalue weighted by Crippen LogP contribution is 2.39. The number of fused-ring (bicyclic) bond motifs is 2. The van der Waals surface area contributed by atoms with Crippen molar-refractivity contribution in [1.82, 2.24) is 4.98 Å². The number of hydrogen-bond donors (Lipinski definition) is 1. The van der Waals surface area contributed by atoms with Gasteiger partial charge in [0.2, 0.25) is 5.91 Å². The molecule has 0 bridgehead atoms. The number of nitrogens with one attached hydrogen (secondary N) is 1. The molecule has 6 heteroatoms. The predicted molar refractivity (Wildman–Crippen MR) is 111 cm³/mol. The van der Waals surface area contributed by atoms with Gasteiger partial charge >= 0.3 is 0 Å². The van der Waals surface area contributed by atoms with Crippen molar-refractivity contribution in [3.8, 4) is 0 Å². The van der Waals surface area contributed by atoms with E-state index >= 15 is 0 Å². The van der Waals surface area contributed by atoms with Gasteiger partial charge in [0, 0.05) is 16.8 Å². The van der Waals surface area contributed by atoms with Gasteiger partial charge in [-0.3, -0.25) is 14.5 Å². The molecule has 2 amide bonds. The standard InChI is InChI=1S/C22H19N3O2S/c1-14-10-15(2)12-16(11-14)24-20(26)13-25-18-7-3-4-8-19(18)28-21-17(22(25)27)6-5-9-23-21/h3-12H,13H2,1-2H3,(H,24,26). The number of carbonyl (C=O) groups excluding carboxylic acids is 2. The summed E-state index contributed by atoms with van der Waals surface area (Å²) in [6, 6.07) is 16.9. The monoisotopic (exact) mass is 389 g/mol. The summed E-state index contributed by atoms with van der Waals surface area (Å²) in [5, 5.41) is 3.56. The molecule has 1 aliphatic heterocycles. The number of rotatable bonds is 3. The molecule has 1 N–H and O–H groups in total. The number of pyridine rings is 1. The van der Waals surface area contributed by atoms with Crippen LogP contribution < -0.4 is 10.2 Å². The summed E-state index contributed by atoms with van der Waals surface area (Å²) in [7, 11) is 0. The minimum absolute atomic E-state index is 0.0717. The molecule has 0 unspecified atom stereocenters. The summed E-state index contributed by atoms with van der Waals surface area (Å²) >= 11 is 1.44. The Kier molecular flexibility index (Phi) is 4.88. The Hall–Kier alpha value is -3.12. The first kappa shape index (κ1) is 18.3. The van der Waals surface area contributed by atoms with Crippen molar-refractivity contribution in [2.45, 2.75) is 23.8 Å². The molecule has 0 fully saturated rings. The second-order valence-corrected chi connectivity index (χ2v) is 7.77. The Bertz CT molecular complexity index is 1060. The quantitative estimate of drug-likeness (QED) is 0.719. The van der Waals surface area contributed by atoms with Gasteiger partial charge < -0.3 is 5.32 Å². The Morgan fingerprint density at radius 1 is 1.07 bits per heavy atom. The number of carbonyl (C=O) groups is 2. The van der Waals surface area contributed by atoms with Crippen LogP contribution in [0.25, 0.3) is 0 Å². The van der Waals surface area contributed by atoms with Crippen LogP contribution >= 0.6 is 11.8 Å². The van der Waals surface area contributed by atoms with Crippen molar-refractivity contribution in [3.63, 3.8) is 0 Å². The zero-order valence-corrected chi connectivity index (χ0v) is 16.4. The van der Waals surface area contributed by atoms with Crippen molar-refractivity contribution in [1.29, 1.82) is 0 Å². The summed E-state index contributed by atoms with van der Waals surface area (Å²) in [5.74, 6) is -0.471. The zero-order chi connectivity index (χ0) is 19.7. The van der Waals surface area contributed by atoms with Crippen molar-refractivity contribution in [2.24, 2.45) is 0 Å². The second-order valence-electron chi connectivity index (χ2n) is 6.74. The molecule has 0 saturated heterocycles. The first-order chi connectivity index (χ1) is 13.5. The molecule has 4 rings (SSSR count). The second kappa shape index (κ2) is 7.48. The molecular formula is C22H19N3O2S. The van der Waals surface area contributed by atoms with Crippen LogP contribution in [0.5, 0.6) is 0 Å². The topological polar surface area (TPSA) is 62.3 Å². The van der Waals surface area contributed by atoms with Gasteiger partial charge in [0.1, 0.15) is 11.6 Å². The molecule has 28 heavy (non-hydrogen) atoms. The number of benzene rings is 2. The summed E-state index contributed by atoms with van der Waals surface area (Å²) in [4.78, 5) is 32.7. The van der Waals surface area contributed by atoms with E-state index in [0.717, 1.165) is 21.7 Å². The van der Waals surface area contributed by atoms with Gasteiger partial charge in [-0.2, -0.15) is 0 Å². The highest BCUT2D eigenvalue weighted by Gasteiger charge is 2.29. The third kappa shape index (κ3) is 3.64. The summed E-state index contributed by atoms with van der Waals surface area (Å²) in [6.07, 6.45) is 1.67. The maximum absolute atomic E-state index is 13.2. The number of amides is 2. The molecule has 1 aromatic heterocycles. The van der Waals surface area contributed by atoms with E-state index in [9.17, 15) is 9.59 Å². The van der Waals surface area contributed by atoms with Crippen molar-refractivity contribution >= 4 is 35.0 Å². The largest absolute Gasteiger partial charge is 0.325 e. The molecule has 1 aliphatic rings. The van der Waals surface area contributed by atoms with E-state index in [4.69, 9.17) is 0 Å². The summed E-state index contributed by atoms with van der Waals surface area (Å²) < 4.78 is 0. The molecule has 0 radical (unpaired) electrons. The number of nitrogens with zero attached hydrogens (tertiary/aromatic N) is 2. The first-order valence-electron chi connectivity index (χ1n) is 8.93. The van der Waals surface area contributed by atoms with Crippen molar-refractivity contribution in [2.75, 3.05) is 16.8 Å². The molecule has 2 aromatic carbocycles. The third-order valence-corrected chi connectivity index (χ3v) is 5.50. The van der Waals surface area contributed by atoms with Gasteiger partial charge in [-0.25, -0.2) is 4.98 Å². The minimum Gasteiger partial charge on any atom is -0.325 e. The molecular weight excluding hydrogens is 370 g/mol. The minimum atomic E-state index is -0.245. The maximum Gasteiger partial charge on any atom is 0.261 e. The Balaban J connectivity index is 1.65. The SMILES string of the molecule is Cc1cc(C)cc(NC(=O)CN2C(=O)c3cccnc3Sc3ccccc32)c1. The average Bonchev–Trinajstić information content (AvgIpc) is 2.76. The maximum atomic E-state index is 13.2. The lowest BCUT2D eigenvalue weighted by Crippen LogP contribution is -2.38. The van der Waals surface area contributed by atoms with Gasteiger partial charge in [-0.15, -0.1) is 0 Å². The van der Waals surface area contributed by atoms with Crippen LogP contribution in [0.4, 0.5) is 11.4 Å². The van der Waals surface area contributed by atoms with Crippen LogP contribution in [0.3, 0.4) is 0 Å². The lowest BCUT2D eigenvalue weighted by molar-refractivity contribution is -0.114. The fourth-order valence-electron chi connectivity index (χ4n) is 3.31. The van der Waals surface area contributed by atoms with E-state index in [1.165, 1.54) is 16.7 Å². The summed E-state index contributed by atoms with van der Waals surface area (Å²) in [6.45, 7) is 3.90. The number of aromatic nitrogens is 1. The van der Waals surface area contributed by atoms with Crippen molar-refractivity contribution in [3.05, 3.63) is 77.5 Å². The Labute approximate surface area is 167 Å². The highest BCUT2D eigenvalue weighted by atomic mass is 32.2. The Morgan fingerprint density at radius 2 is 1.82 bits per heavy atom. The van der Waals surface area contributed by atoms with E-state index in [1.807, 2.05) is 56.3 Å². The fourth-order valence-corrected chi connectivity index (χ4v) is 4.32. The van der Waals surface area contributed by atoms with Gasteiger partial charge in [0.15, 0.2) is 0 Å². The molecule has 0 atom stereocenters. The van der Waals surface area contributed by atoms with Crippen molar-refractivity contribution < 1.29 is 9.59 Å². The third-order valence-electron chi connectivity index (χ3n) is 4.42. The average molecular weight is 389 g/mol. The molecule has 0 spiro atoms. The molecule has 2 heterocycles. The van der Waals surface area contributed by atoms with Crippen LogP contribution in [0.1, 0.15) is 21.5 Å². The first-order valence-corrected chi connectivity index (χ1v) is 9.75. The van der Waals surface area contributed by atoms with E-state index in [2.05, 4.69) is 10.3 Å². The normalized spacial score (nSPS) is 12.8. The summed E-state index contributed by atoms with van der Waals surface area (Å²) in [5.41, 5.74) is 4.09. The smallest absolute Gasteiger partial charge is 0.261 e. The van der Waals surface area contributed by atoms with E-state index in [-0.39, 0.29) is 18.4 Å². The number of para-hydroxylation sites is 1. The van der Waals surface area contributed by atoms with Crippen LogP contribution in [-0.2, 0) is 4.79 Å². The van der Waals surface area contributed by atoms with Crippen LogP contribution in [0.2, 0.25) is 0 Å². The molecule has 0 saturated carbocycles.